The first-order chi connectivity index (χ1) is 11.1. The van der Waals surface area contributed by atoms with Crippen LogP contribution in [-0.4, -0.2) is 15.7 Å². The highest BCUT2D eigenvalue weighted by Crippen LogP contribution is 2.37. The van der Waals surface area contributed by atoms with Gasteiger partial charge in [0.05, 0.1) is 5.56 Å². The molecule has 2 aromatic rings. The number of aromatic nitrogens is 2. The lowest BCUT2D eigenvalue weighted by atomic mass is 9.95. The molecule has 0 saturated heterocycles. The molecule has 0 bridgehead atoms. The predicted molar refractivity (Wildman–Crippen MR) is 87.7 cm³/mol. The number of hydrogen-bond donors (Lipinski definition) is 1. The molecule has 0 unspecified atom stereocenters. The summed E-state index contributed by atoms with van der Waals surface area (Å²) in [5.41, 5.74) is -1.58. The Morgan fingerprint density at radius 2 is 1.92 bits per heavy atom. The minimum Gasteiger partial charge on any atom is -0.310 e. The van der Waals surface area contributed by atoms with Gasteiger partial charge in [-0.25, -0.2) is 4.68 Å². The quantitative estimate of drug-likeness (QED) is 0.865. The third-order valence-corrected chi connectivity index (χ3v) is 3.71. The highest BCUT2D eigenvalue weighted by atomic mass is 19.4. The van der Waals surface area contributed by atoms with Gasteiger partial charge >= 0.3 is 6.18 Å². The molecule has 1 aromatic carbocycles. The number of carbonyl (C=O) groups is 1. The molecular weight excluding hydrogens is 319 g/mol. The fourth-order valence-electron chi connectivity index (χ4n) is 2.28. The summed E-state index contributed by atoms with van der Waals surface area (Å²) in [5, 5.41) is 7.19. The zero-order chi connectivity index (χ0) is 18.1. The van der Waals surface area contributed by atoms with Gasteiger partial charge in [-0.3, -0.25) is 4.79 Å². The molecule has 2 rings (SSSR count). The van der Waals surface area contributed by atoms with Crippen LogP contribution in [0.2, 0.25) is 0 Å². The van der Waals surface area contributed by atoms with Crippen molar-refractivity contribution in [1.82, 2.24) is 9.78 Å². The van der Waals surface area contributed by atoms with Crippen LogP contribution in [0, 0.1) is 5.41 Å². The highest BCUT2D eigenvalue weighted by molar-refractivity contribution is 6.02. The zero-order valence-corrected chi connectivity index (χ0v) is 14.3. The fourth-order valence-corrected chi connectivity index (χ4v) is 2.28. The lowest BCUT2D eigenvalue weighted by Crippen LogP contribution is -2.28. The number of carbonyl (C=O) groups excluding carboxylic acids is 1. The number of benzene rings is 1. The van der Waals surface area contributed by atoms with E-state index in [1.165, 1.54) is 10.7 Å². The van der Waals surface area contributed by atoms with E-state index in [2.05, 4.69) is 10.4 Å². The number of halogens is 3. The monoisotopic (exact) mass is 341 g/mol. The summed E-state index contributed by atoms with van der Waals surface area (Å²) in [6, 6.07) is 3.90. The van der Waals surface area contributed by atoms with E-state index in [9.17, 15) is 18.0 Å². The molecule has 0 fully saturated rings. The number of aryl methyl sites for hydroxylation is 1. The summed E-state index contributed by atoms with van der Waals surface area (Å²) in [4.78, 5) is 12.3. The lowest BCUT2D eigenvalue weighted by Gasteiger charge is -2.18. The third-order valence-electron chi connectivity index (χ3n) is 3.71. The van der Waals surface area contributed by atoms with Crippen molar-refractivity contribution < 1.29 is 18.0 Å². The summed E-state index contributed by atoms with van der Waals surface area (Å²) >= 11 is 0. The molecule has 1 N–H and O–H groups in total. The van der Waals surface area contributed by atoms with Gasteiger partial charge in [0, 0.05) is 17.3 Å². The molecular formula is C17H22F3N3O. The molecule has 1 aromatic heterocycles. The van der Waals surface area contributed by atoms with E-state index >= 15 is 0 Å². The SMILES string of the molecule is CCCCn1nc2c(C(F)(F)F)cccc2c1NC(=O)C(C)(C)C. The van der Waals surface area contributed by atoms with Crippen LogP contribution in [0.1, 0.15) is 46.1 Å². The summed E-state index contributed by atoms with van der Waals surface area (Å²) in [6.45, 7) is 7.68. The van der Waals surface area contributed by atoms with E-state index in [1.54, 1.807) is 26.8 Å². The van der Waals surface area contributed by atoms with Crippen molar-refractivity contribution in [2.24, 2.45) is 5.41 Å². The first-order valence-electron chi connectivity index (χ1n) is 7.94. The third kappa shape index (κ3) is 3.71. The molecule has 0 aliphatic rings. The van der Waals surface area contributed by atoms with Crippen molar-refractivity contribution in [3.63, 3.8) is 0 Å². The average molecular weight is 341 g/mol. The van der Waals surface area contributed by atoms with Crippen molar-refractivity contribution in [3.05, 3.63) is 23.8 Å². The Kier molecular flexibility index (Phi) is 4.92. The first kappa shape index (κ1) is 18.3. The summed E-state index contributed by atoms with van der Waals surface area (Å²) in [6.07, 6.45) is -2.86. The number of amides is 1. The minimum absolute atomic E-state index is 0.134. The Morgan fingerprint density at radius 3 is 2.46 bits per heavy atom. The molecule has 0 saturated carbocycles. The molecule has 1 amide bonds. The zero-order valence-electron chi connectivity index (χ0n) is 14.3. The van der Waals surface area contributed by atoms with E-state index < -0.39 is 17.2 Å². The largest absolute Gasteiger partial charge is 0.418 e. The van der Waals surface area contributed by atoms with E-state index in [1.807, 2.05) is 6.92 Å². The minimum atomic E-state index is -4.49. The number of alkyl halides is 3. The molecule has 0 aliphatic heterocycles. The van der Waals surface area contributed by atoms with Crippen LogP contribution in [0.15, 0.2) is 18.2 Å². The molecule has 0 radical (unpaired) electrons. The first-order valence-corrected chi connectivity index (χ1v) is 7.94. The van der Waals surface area contributed by atoms with Crippen molar-refractivity contribution in [1.29, 1.82) is 0 Å². The average Bonchev–Trinajstić information content (AvgIpc) is 2.80. The molecule has 132 valence electrons. The van der Waals surface area contributed by atoms with Gasteiger partial charge in [-0.15, -0.1) is 0 Å². The van der Waals surface area contributed by atoms with Crippen molar-refractivity contribution in [3.8, 4) is 0 Å². The van der Waals surface area contributed by atoms with Gasteiger partial charge in [-0.05, 0) is 18.6 Å². The van der Waals surface area contributed by atoms with Crippen LogP contribution in [0.5, 0.6) is 0 Å². The van der Waals surface area contributed by atoms with Crippen LogP contribution < -0.4 is 5.32 Å². The van der Waals surface area contributed by atoms with Crippen LogP contribution in [0.4, 0.5) is 19.0 Å². The van der Waals surface area contributed by atoms with Crippen LogP contribution in [-0.2, 0) is 17.5 Å². The van der Waals surface area contributed by atoms with Gasteiger partial charge in [0.25, 0.3) is 0 Å². The van der Waals surface area contributed by atoms with Crippen LogP contribution in [0.3, 0.4) is 0 Å². The molecule has 24 heavy (non-hydrogen) atoms. The number of fused-ring (bicyclic) bond motifs is 1. The molecule has 7 heteroatoms. The standard InChI is InChI=1S/C17H22F3N3O/c1-5-6-10-23-14(21-15(24)16(2,3)4)11-8-7-9-12(13(11)22-23)17(18,19)20/h7-9H,5-6,10H2,1-4H3,(H,21,24). The van der Waals surface area contributed by atoms with Crippen molar-refractivity contribution in [2.75, 3.05) is 5.32 Å². The Hall–Kier alpha value is -2.05. The number of anilines is 1. The Bertz CT molecular complexity index is 742. The van der Waals surface area contributed by atoms with Gasteiger partial charge in [0.2, 0.25) is 5.91 Å². The highest BCUT2D eigenvalue weighted by Gasteiger charge is 2.35. The molecule has 1 heterocycles. The second-order valence-electron chi connectivity index (χ2n) is 6.83. The number of unbranched alkanes of at least 4 members (excludes halogenated alkanes) is 1. The smallest absolute Gasteiger partial charge is 0.310 e. The van der Waals surface area contributed by atoms with Crippen LogP contribution in [0.25, 0.3) is 10.9 Å². The van der Waals surface area contributed by atoms with E-state index in [4.69, 9.17) is 0 Å². The van der Waals surface area contributed by atoms with Crippen LogP contribution >= 0.6 is 0 Å². The number of nitrogens with zero attached hydrogens (tertiary/aromatic N) is 2. The van der Waals surface area contributed by atoms with Gasteiger partial charge in [0.15, 0.2) is 0 Å². The summed E-state index contributed by atoms with van der Waals surface area (Å²) in [7, 11) is 0. The van der Waals surface area contributed by atoms with Gasteiger partial charge in [0.1, 0.15) is 11.3 Å². The second kappa shape index (κ2) is 6.45. The van der Waals surface area contributed by atoms with Gasteiger partial charge in [-0.2, -0.15) is 18.3 Å². The fraction of sp³-hybridized carbons (Fsp3) is 0.529. The molecule has 4 nitrogen and oxygen atoms in total. The molecule has 0 atom stereocenters. The number of nitrogens with one attached hydrogen (secondary N) is 1. The Labute approximate surface area is 139 Å². The van der Waals surface area contributed by atoms with Gasteiger partial charge in [-0.1, -0.05) is 40.2 Å². The normalized spacial score (nSPS) is 12.6. The number of rotatable bonds is 4. The summed E-state index contributed by atoms with van der Waals surface area (Å²) in [5.74, 6) is 0.0592. The summed E-state index contributed by atoms with van der Waals surface area (Å²) < 4.78 is 41.1. The Balaban J connectivity index is 2.60. The van der Waals surface area contributed by atoms with Crippen molar-refractivity contribution in [2.45, 2.75) is 53.3 Å². The van der Waals surface area contributed by atoms with Gasteiger partial charge < -0.3 is 5.32 Å². The lowest BCUT2D eigenvalue weighted by molar-refractivity contribution is -0.136. The Morgan fingerprint density at radius 1 is 1.25 bits per heavy atom. The van der Waals surface area contributed by atoms with Crippen molar-refractivity contribution >= 4 is 22.6 Å². The van der Waals surface area contributed by atoms with E-state index in [0.717, 1.165) is 18.9 Å². The van der Waals surface area contributed by atoms with E-state index in [-0.39, 0.29) is 11.4 Å². The number of hydrogen-bond acceptors (Lipinski definition) is 2. The molecule has 0 aliphatic carbocycles. The maximum atomic E-state index is 13.2. The second-order valence-corrected chi connectivity index (χ2v) is 6.83. The predicted octanol–water partition coefficient (Wildman–Crippen LogP) is 4.84. The molecule has 0 spiro atoms. The maximum absolute atomic E-state index is 13.2. The topological polar surface area (TPSA) is 46.9 Å². The maximum Gasteiger partial charge on any atom is 0.418 e. The van der Waals surface area contributed by atoms with E-state index in [0.29, 0.717) is 17.7 Å².